The average Bonchev–Trinajstić information content (AvgIpc) is 2.72. The van der Waals surface area contributed by atoms with Crippen LogP contribution in [-0.2, 0) is 6.61 Å². The molecule has 4 rings (SSSR count). The standard InChI is InChI=1S/C24H19NO/c1-2-6-20(7-3-1)18-26-23-16-11-19(12-17-23)10-14-22-15-13-21-8-4-5-9-24(21)25-22/h1-17H,18H2/b14-10+. The molecule has 26 heavy (non-hydrogen) atoms. The zero-order valence-corrected chi connectivity index (χ0v) is 14.4. The fourth-order valence-corrected chi connectivity index (χ4v) is 2.77. The van der Waals surface area contributed by atoms with Crippen molar-refractivity contribution in [2.24, 2.45) is 0 Å². The van der Waals surface area contributed by atoms with Gasteiger partial charge in [-0.25, -0.2) is 4.98 Å². The van der Waals surface area contributed by atoms with Crippen molar-refractivity contribution in [3.63, 3.8) is 0 Å². The second-order valence-corrected chi connectivity index (χ2v) is 6.11. The molecule has 1 aromatic heterocycles. The van der Waals surface area contributed by atoms with Crippen LogP contribution in [0, 0.1) is 0 Å². The quantitative estimate of drug-likeness (QED) is 0.446. The molecule has 0 atom stereocenters. The van der Waals surface area contributed by atoms with Gasteiger partial charge in [0.15, 0.2) is 0 Å². The van der Waals surface area contributed by atoms with Gasteiger partial charge in [0.25, 0.3) is 0 Å². The fraction of sp³-hybridized carbons (Fsp3) is 0.0417. The maximum atomic E-state index is 5.82. The fourth-order valence-electron chi connectivity index (χ4n) is 2.77. The molecule has 2 nitrogen and oxygen atoms in total. The smallest absolute Gasteiger partial charge is 0.119 e. The van der Waals surface area contributed by atoms with E-state index in [1.807, 2.05) is 60.7 Å². The topological polar surface area (TPSA) is 22.1 Å². The molecule has 0 unspecified atom stereocenters. The van der Waals surface area contributed by atoms with Crippen LogP contribution in [0.4, 0.5) is 0 Å². The lowest BCUT2D eigenvalue weighted by molar-refractivity contribution is 0.306. The Morgan fingerprint density at radius 1 is 0.692 bits per heavy atom. The van der Waals surface area contributed by atoms with Crippen LogP contribution in [0.1, 0.15) is 16.8 Å². The highest BCUT2D eigenvalue weighted by Crippen LogP contribution is 2.17. The van der Waals surface area contributed by atoms with Crippen LogP contribution in [0.3, 0.4) is 0 Å². The van der Waals surface area contributed by atoms with Crippen molar-refractivity contribution in [2.45, 2.75) is 6.61 Å². The van der Waals surface area contributed by atoms with Gasteiger partial charge in [0, 0.05) is 5.39 Å². The van der Waals surface area contributed by atoms with Crippen LogP contribution < -0.4 is 4.74 Å². The van der Waals surface area contributed by atoms with E-state index in [1.165, 1.54) is 5.56 Å². The number of rotatable bonds is 5. The Hall–Kier alpha value is -3.39. The third-order valence-corrected chi connectivity index (χ3v) is 4.19. The van der Waals surface area contributed by atoms with E-state index in [9.17, 15) is 0 Å². The predicted molar refractivity (Wildman–Crippen MR) is 108 cm³/mol. The molecule has 2 heteroatoms. The maximum Gasteiger partial charge on any atom is 0.119 e. The largest absolute Gasteiger partial charge is 0.489 e. The number of aromatic nitrogens is 1. The molecule has 126 valence electrons. The van der Waals surface area contributed by atoms with Crippen molar-refractivity contribution in [1.82, 2.24) is 4.98 Å². The van der Waals surface area contributed by atoms with Crippen LogP contribution in [-0.4, -0.2) is 4.98 Å². The molecule has 1 heterocycles. The predicted octanol–water partition coefficient (Wildman–Crippen LogP) is 5.98. The van der Waals surface area contributed by atoms with E-state index in [0.717, 1.165) is 27.9 Å². The Labute approximate surface area is 153 Å². The summed E-state index contributed by atoms with van der Waals surface area (Å²) >= 11 is 0. The summed E-state index contributed by atoms with van der Waals surface area (Å²) in [5.41, 5.74) is 4.25. The molecule has 0 amide bonds. The summed E-state index contributed by atoms with van der Waals surface area (Å²) in [5.74, 6) is 0.870. The molecular formula is C24H19NO. The Balaban J connectivity index is 1.42. The zero-order chi connectivity index (χ0) is 17.6. The van der Waals surface area contributed by atoms with Crippen molar-refractivity contribution >= 4 is 23.1 Å². The molecule has 0 bridgehead atoms. The number of pyridine rings is 1. The third kappa shape index (κ3) is 3.98. The van der Waals surface area contributed by atoms with E-state index in [1.54, 1.807) is 0 Å². The van der Waals surface area contributed by atoms with E-state index >= 15 is 0 Å². The van der Waals surface area contributed by atoms with Crippen LogP contribution in [0.25, 0.3) is 23.1 Å². The first-order valence-corrected chi connectivity index (χ1v) is 8.67. The summed E-state index contributed by atoms with van der Waals surface area (Å²) in [5, 5.41) is 1.16. The number of nitrogens with zero attached hydrogens (tertiary/aromatic N) is 1. The normalized spacial score (nSPS) is 11.1. The first-order valence-electron chi connectivity index (χ1n) is 8.67. The first kappa shape index (κ1) is 16.1. The van der Waals surface area contributed by atoms with Crippen LogP contribution in [0.2, 0.25) is 0 Å². The van der Waals surface area contributed by atoms with Crippen molar-refractivity contribution in [3.8, 4) is 5.75 Å². The highest BCUT2D eigenvalue weighted by Gasteiger charge is 1.97. The molecule has 4 aromatic rings. The summed E-state index contributed by atoms with van der Waals surface area (Å²) in [6.07, 6.45) is 4.10. The van der Waals surface area contributed by atoms with E-state index in [-0.39, 0.29) is 0 Å². The summed E-state index contributed by atoms with van der Waals surface area (Å²) in [6.45, 7) is 0.580. The number of fused-ring (bicyclic) bond motifs is 1. The number of hydrogen-bond acceptors (Lipinski definition) is 2. The van der Waals surface area contributed by atoms with Gasteiger partial charge in [-0.3, -0.25) is 0 Å². The Kier molecular flexibility index (Phi) is 4.74. The van der Waals surface area contributed by atoms with Gasteiger partial charge in [0.05, 0.1) is 11.2 Å². The lowest BCUT2D eigenvalue weighted by Gasteiger charge is -2.06. The minimum Gasteiger partial charge on any atom is -0.489 e. The van der Waals surface area contributed by atoms with Gasteiger partial charge in [-0.15, -0.1) is 0 Å². The molecule has 0 N–H and O–H groups in total. The summed E-state index contributed by atoms with van der Waals surface area (Å²) in [4.78, 5) is 4.66. The van der Waals surface area contributed by atoms with Gasteiger partial charge >= 0.3 is 0 Å². The number of benzene rings is 3. The van der Waals surface area contributed by atoms with Crippen molar-refractivity contribution in [3.05, 3.63) is 108 Å². The SMILES string of the molecule is C(=C\c1ccc2ccccc2n1)/c1ccc(OCc2ccccc2)cc1. The molecule has 0 fully saturated rings. The summed E-state index contributed by atoms with van der Waals surface area (Å²) in [7, 11) is 0. The van der Waals surface area contributed by atoms with Crippen LogP contribution in [0.5, 0.6) is 5.75 Å². The Morgan fingerprint density at radius 2 is 1.46 bits per heavy atom. The lowest BCUT2D eigenvalue weighted by atomic mass is 10.1. The number of ether oxygens (including phenoxy) is 1. The Bertz CT molecular complexity index is 1020. The van der Waals surface area contributed by atoms with E-state index in [4.69, 9.17) is 4.74 Å². The molecular weight excluding hydrogens is 318 g/mol. The maximum absolute atomic E-state index is 5.82. The molecule has 0 aliphatic rings. The van der Waals surface area contributed by atoms with Gasteiger partial charge in [0.2, 0.25) is 0 Å². The molecule has 0 saturated heterocycles. The molecule has 0 aliphatic carbocycles. The van der Waals surface area contributed by atoms with Crippen molar-refractivity contribution < 1.29 is 4.74 Å². The van der Waals surface area contributed by atoms with Gasteiger partial charge in [0.1, 0.15) is 12.4 Å². The highest BCUT2D eigenvalue weighted by atomic mass is 16.5. The highest BCUT2D eigenvalue weighted by molar-refractivity contribution is 5.80. The van der Waals surface area contributed by atoms with Gasteiger partial charge in [-0.2, -0.15) is 0 Å². The van der Waals surface area contributed by atoms with Crippen molar-refractivity contribution in [2.75, 3.05) is 0 Å². The Morgan fingerprint density at radius 3 is 2.31 bits per heavy atom. The monoisotopic (exact) mass is 337 g/mol. The molecule has 0 spiro atoms. The second kappa shape index (κ2) is 7.66. The third-order valence-electron chi connectivity index (χ3n) is 4.19. The zero-order valence-electron chi connectivity index (χ0n) is 14.4. The van der Waals surface area contributed by atoms with E-state index < -0.39 is 0 Å². The van der Waals surface area contributed by atoms with E-state index in [0.29, 0.717) is 6.61 Å². The molecule has 0 radical (unpaired) electrons. The van der Waals surface area contributed by atoms with Crippen LogP contribution >= 0.6 is 0 Å². The summed E-state index contributed by atoms with van der Waals surface area (Å²) in [6, 6.07) is 30.6. The minimum absolute atomic E-state index is 0.580. The molecule has 0 saturated carbocycles. The van der Waals surface area contributed by atoms with E-state index in [2.05, 4.69) is 47.5 Å². The van der Waals surface area contributed by atoms with Gasteiger partial charge in [-0.05, 0) is 41.5 Å². The second-order valence-electron chi connectivity index (χ2n) is 6.11. The lowest BCUT2D eigenvalue weighted by Crippen LogP contribution is -1.94. The molecule has 3 aromatic carbocycles. The van der Waals surface area contributed by atoms with Gasteiger partial charge < -0.3 is 4.74 Å². The number of para-hydroxylation sites is 1. The van der Waals surface area contributed by atoms with Crippen LogP contribution in [0.15, 0.2) is 91.0 Å². The number of hydrogen-bond donors (Lipinski definition) is 0. The molecule has 0 aliphatic heterocycles. The average molecular weight is 337 g/mol. The first-order chi connectivity index (χ1) is 12.9. The van der Waals surface area contributed by atoms with Crippen molar-refractivity contribution in [1.29, 1.82) is 0 Å². The minimum atomic E-state index is 0.580. The van der Waals surface area contributed by atoms with Gasteiger partial charge in [-0.1, -0.05) is 72.8 Å². The summed E-state index contributed by atoms with van der Waals surface area (Å²) < 4.78 is 5.82.